The molecule has 0 bridgehead atoms. The van der Waals surface area contributed by atoms with E-state index in [0.29, 0.717) is 0 Å². The van der Waals surface area contributed by atoms with E-state index in [0.717, 1.165) is 61.4 Å². The molecule has 1 fully saturated rings. The Morgan fingerprint density at radius 1 is 1.20 bits per heavy atom. The van der Waals surface area contributed by atoms with Crippen molar-refractivity contribution in [3.05, 3.63) is 35.8 Å². The van der Waals surface area contributed by atoms with Crippen molar-refractivity contribution in [2.45, 2.75) is 44.6 Å². The molecule has 1 saturated carbocycles. The highest BCUT2D eigenvalue weighted by Gasteiger charge is 2.31. The first kappa shape index (κ1) is 16.0. The van der Waals surface area contributed by atoms with Crippen LogP contribution in [0.15, 0.2) is 24.5 Å². The minimum Gasteiger partial charge on any atom is -0.469 e. The average molecular weight is 338 g/mol. The minimum atomic E-state index is -0.102. The minimum absolute atomic E-state index is 0.00273. The Balaban J connectivity index is 1.59. The van der Waals surface area contributed by atoms with Gasteiger partial charge in [0.1, 0.15) is 5.82 Å². The molecule has 130 valence electrons. The summed E-state index contributed by atoms with van der Waals surface area (Å²) in [4.78, 5) is 25.4. The average Bonchev–Trinajstić information content (AvgIpc) is 3.31. The summed E-state index contributed by atoms with van der Waals surface area (Å²) >= 11 is 0. The topological polar surface area (TPSA) is 77.0 Å². The molecule has 0 unspecified atom stereocenters. The summed E-state index contributed by atoms with van der Waals surface area (Å²) < 4.78 is 4.89. The Morgan fingerprint density at radius 2 is 2.04 bits per heavy atom. The number of pyridine rings is 1. The van der Waals surface area contributed by atoms with Crippen LogP contribution in [0, 0.1) is 5.92 Å². The molecule has 1 N–H and O–H groups in total. The molecule has 0 aromatic carbocycles. The number of carbonyl (C=O) groups excluding carboxylic acids is 1. The van der Waals surface area contributed by atoms with Crippen molar-refractivity contribution in [1.29, 1.82) is 0 Å². The number of aromatic nitrogens is 3. The third-order valence-electron chi connectivity index (χ3n) is 5.18. The van der Waals surface area contributed by atoms with Gasteiger partial charge in [-0.1, -0.05) is 0 Å². The Kier molecular flexibility index (Phi) is 4.34. The van der Waals surface area contributed by atoms with Crippen LogP contribution in [0.5, 0.6) is 0 Å². The van der Waals surface area contributed by atoms with E-state index in [-0.39, 0.29) is 17.9 Å². The molecule has 0 saturated heterocycles. The van der Waals surface area contributed by atoms with Crippen molar-refractivity contribution in [1.82, 2.24) is 15.0 Å². The maximum absolute atomic E-state index is 11.8. The number of hydrogen-bond donors (Lipinski definition) is 1. The highest BCUT2D eigenvalue weighted by atomic mass is 16.5. The van der Waals surface area contributed by atoms with Gasteiger partial charge in [0.15, 0.2) is 5.82 Å². The molecule has 0 radical (unpaired) electrons. The van der Waals surface area contributed by atoms with Gasteiger partial charge in [0, 0.05) is 35.3 Å². The molecule has 2 heterocycles. The Morgan fingerprint density at radius 3 is 2.84 bits per heavy atom. The summed E-state index contributed by atoms with van der Waals surface area (Å²) in [7, 11) is 1.46. The lowest BCUT2D eigenvalue weighted by Gasteiger charge is -2.17. The molecule has 4 rings (SSSR count). The van der Waals surface area contributed by atoms with Crippen LogP contribution in [0.2, 0.25) is 0 Å². The van der Waals surface area contributed by atoms with Crippen LogP contribution >= 0.6 is 0 Å². The second kappa shape index (κ2) is 6.78. The van der Waals surface area contributed by atoms with Gasteiger partial charge < -0.3 is 10.1 Å². The summed E-state index contributed by atoms with van der Waals surface area (Å²) in [5.41, 5.74) is 3.36. The summed E-state index contributed by atoms with van der Waals surface area (Å²) in [6.45, 7) is 0. The standard InChI is InChI=1S/C19H22N4O2/c1-25-19(24)13-5-6-14(11-13)21-18-15-3-2-4-16(15)22-17(23-18)12-7-9-20-10-8-12/h7-10,13-14H,2-6,11H2,1H3,(H,21,22,23)/t13-,14+/m0/s1. The third-order valence-corrected chi connectivity index (χ3v) is 5.18. The quantitative estimate of drug-likeness (QED) is 0.864. The normalized spacial score (nSPS) is 21.8. The fraction of sp³-hybridized carbons (Fsp3) is 0.474. The molecule has 2 aromatic rings. The third kappa shape index (κ3) is 3.21. The maximum atomic E-state index is 11.8. The summed E-state index contributed by atoms with van der Waals surface area (Å²) in [5, 5.41) is 3.59. The van der Waals surface area contributed by atoms with Gasteiger partial charge in [-0.25, -0.2) is 9.97 Å². The number of nitrogens with one attached hydrogen (secondary N) is 1. The van der Waals surface area contributed by atoms with E-state index in [2.05, 4.69) is 10.3 Å². The van der Waals surface area contributed by atoms with Gasteiger partial charge in [-0.15, -0.1) is 0 Å². The lowest BCUT2D eigenvalue weighted by Crippen LogP contribution is -2.20. The predicted molar refractivity (Wildman–Crippen MR) is 94.1 cm³/mol. The van der Waals surface area contributed by atoms with Crippen LogP contribution in [0.3, 0.4) is 0 Å². The first-order valence-corrected chi connectivity index (χ1v) is 8.89. The molecule has 0 aliphatic heterocycles. The maximum Gasteiger partial charge on any atom is 0.308 e. The Hall–Kier alpha value is -2.50. The fourth-order valence-electron chi connectivity index (χ4n) is 3.87. The van der Waals surface area contributed by atoms with Crippen LogP contribution in [0.1, 0.15) is 36.9 Å². The number of esters is 1. The molecular weight excluding hydrogens is 316 g/mol. The monoisotopic (exact) mass is 338 g/mol. The number of anilines is 1. The number of hydrogen-bond acceptors (Lipinski definition) is 6. The zero-order chi connectivity index (χ0) is 17.2. The van der Waals surface area contributed by atoms with Gasteiger partial charge in [-0.3, -0.25) is 9.78 Å². The van der Waals surface area contributed by atoms with E-state index in [1.165, 1.54) is 12.7 Å². The van der Waals surface area contributed by atoms with E-state index in [1.54, 1.807) is 12.4 Å². The molecule has 2 aliphatic carbocycles. The molecule has 2 aromatic heterocycles. The van der Waals surface area contributed by atoms with Gasteiger partial charge in [-0.05, 0) is 50.7 Å². The van der Waals surface area contributed by atoms with E-state index in [9.17, 15) is 4.79 Å². The van der Waals surface area contributed by atoms with Gasteiger partial charge in [0.2, 0.25) is 0 Å². The predicted octanol–water partition coefficient (Wildman–Crippen LogP) is 2.78. The number of rotatable bonds is 4. The Labute approximate surface area is 147 Å². The van der Waals surface area contributed by atoms with Crippen LogP contribution < -0.4 is 5.32 Å². The number of carbonyl (C=O) groups is 1. The molecule has 6 heteroatoms. The van der Waals surface area contributed by atoms with E-state index >= 15 is 0 Å². The van der Waals surface area contributed by atoms with Crippen molar-refractivity contribution in [3.8, 4) is 11.4 Å². The van der Waals surface area contributed by atoms with Crippen LogP contribution in [-0.4, -0.2) is 34.1 Å². The first-order chi connectivity index (χ1) is 12.2. The molecule has 2 atom stereocenters. The van der Waals surface area contributed by atoms with E-state index in [1.807, 2.05) is 12.1 Å². The fourth-order valence-corrected chi connectivity index (χ4v) is 3.87. The molecule has 2 aliphatic rings. The van der Waals surface area contributed by atoms with Crippen LogP contribution in [-0.2, 0) is 22.4 Å². The molecule has 6 nitrogen and oxygen atoms in total. The van der Waals surface area contributed by atoms with Gasteiger partial charge in [0.05, 0.1) is 13.0 Å². The SMILES string of the molecule is COC(=O)[C@H]1CC[C@@H](Nc2nc(-c3ccncc3)nc3c2CCC3)C1. The van der Waals surface area contributed by atoms with Gasteiger partial charge in [-0.2, -0.15) is 0 Å². The summed E-state index contributed by atoms with van der Waals surface area (Å²) in [5.74, 6) is 1.57. The van der Waals surface area contributed by atoms with Crippen molar-refractivity contribution in [2.24, 2.45) is 5.92 Å². The zero-order valence-corrected chi connectivity index (χ0v) is 14.4. The summed E-state index contributed by atoms with van der Waals surface area (Å²) in [6.07, 6.45) is 9.29. The molecular formula is C19H22N4O2. The van der Waals surface area contributed by atoms with Gasteiger partial charge >= 0.3 is 5.97 Å². The highest BCUT2D eigenvalue weighted by Crippen LogP contribution is 2.33. The van der Waals surface area contributed by atoms with Crippen molar-refractivity contribution >= 4 is 11.8 Å². The Bertz CT molecular complexity index is 778. The lowest BCUT2D eigenvalue weighted by atomic mass is 10.1. The second-order valence-electron chi connectivity index (χ2n) is 6.78. The van der Waals surface area contributed by atoms with Crippen LogP contribution in [0.25, 0.3) is 11.4 Å². The lowest BCUT2D eigenvalue weighted by molar-refractivity contribution is -0.145. The van der Waals surface area contributed by atoms with Crippen molar-refractivity contribution in [2.75, 3.05) is 12.4 Å². The number of methoxy groups -OCH3 is 1. The number of nitrogens with zero attached hydrogens (tertiary/aromatic N) is 3. The van der Waals surface area contributed by atoms with E-state index in [4.69, 9.17) is 14.7 Å². The number of ether oxygens (including phenoxy) is 1. The van der Waals surface area contributed by atoms with Crippen molar-refractivity contribution in [3.63, 3.8) is 0 Å². The zero-order valence-electron chi connectivity index (χ0n) is 14.4. The number of aryl methyl sites for hydroxylation is 1. The highest BCUT2D eigenvalue weighted by molar-refractivity contribution is 5.73. The first-order valence-electron chi connectivity index (χ1n) is 8.89. The van der Waals surface area contributed by atoms with Gasteiger partial charge in [0.25, 0.3) is 0 Å². The van der Waals surface area contributed by atoms with E-state index < -0.39 is 0 Å². The molecule has 0 amide bonds. The number of fused-ring (bicyclic) bond motifs is 1. The second-order valence-corrected chi connectivity index (χ2v) is 6.78. The van der Waals surface area contributed by atoms with Crippen molar-refractivity contribution < 1.29 is 9.53 Å². The summed E-state index contributed by atoms with van der Waals surface area (Å²) in [6, 6.07) is 4.13. The smallest absolute Gasteiger partial charge is 0.308 e. The molecule has 25 heavy (non-hydrogen) atoms. The largest absolute Gasteiger partial charge is 0.469 e. The van der Waals surface area contributed by atoms with Crippen LogP contribution in [0.4, 0.5) is 5.82 Å². The molecule has 0 spiro atoms.